The minimum Gasteiger partial charge on any atom is -0.330 e. The first kappa shape index (κ1) is 23.3. The van der Waals surface area contributed by atoms with Crippen molar-refractivity contribution in [1.29, 1.82) is 0 Å². The van der Waals surface area contributed by atoms with Crippen LogP contribution < -0.4 is 10.6 Å². The molecule has 1 aliphatic carbocycles. The molecule has 178 valence electrons. The number of aromatic nitrogens is 2. The van der Waals surface area contributed by atoms with Gasteiger partial charge in [-0.05, 0) is 46.3 Å². The smallest absolute Gasteiger partial charge is 0.319 e. The van der Waals surface area contributed by atoms with Crippen LogP contribution in [0, 0.1) is 5.92 Å². The number of likely N-dealkylation sites (N-methyl/N-ethyl adjacent to an activating group) is 1. The fourth-order valence-electron chi connectivity index (χ4n) is 5.04. The van der Waals surface area contributed by atoms with Gasteiger partial charge in [-0.15, -0.1) is 0 Å². The number of carbonyl (C=O) groups excluding carboxylic acids is 2. The maximum absolute atomic E-state index is 13.4. The number of rotatable bonds is 6. The molecular formula is C25H36N6O2. The number of anilines is 1. The third-order valence-electron chi connectivity index (χ3n) is 6.98. The van der Waals surface area contributed by atoms with Crippen LogP contribution in [0.1, 0.15) is 68.8 Å². The Morgan fingerprint density at radius 3 is 2.55 bits per heavy atom. The Morgan fingerprint density at radius 2 is 1.88 bits per heavy atom. The van der Waals surface area contributed by atoms with E-state index in [9.17, 15) is 9.59 Å². The van der Waals surface area contributed by atoms with Crippen LogP contribution >= 0.6 is 0 Å². The highest BCUT2D eigenvalue weighted by Crippen LogP contribution is 2.41. The van der Waals surface area contributed by atoms with Crippen LogP contribution in [0.3, 0.4) is 0 Å². The molecule has 1 atom stereocenters. The largest absolute Gasteiger partial charge is 0.330 e. The maximum atomic E-state index is 13.4. The third kappa shape index (κ3) is 4.90. The zero-order valence-electron chi connectivity index (χ0n) is 20.1. The molecule has 8 heteroatoms. The molecule has 1 aromatic carbocycles. The molecule has 0 radical (unpaired) electrons. The number of hydrogen-bond donors (Lipinski definition) is 3. The van der Waals surface area contributed by atoms with Crippen LogP contribution in [-0.4, -0.2) is 52.6 Å². The van der Waals surface area contributed by atoms with Crippen LogP contribution in [0.25, 0.3) is 0 Å². The lowest BCUT2D eigenvalue weighted by Crippen LogP contribution is -2.48. The zero-order chi connectivity index (χ0) is 23.6. The summed E-state index contributed by atoms with van der Waals surface area (Å²) in [6.45, 7) is 5.10. The molecule has 0 bridgehead atoms. The van der Waals surface area contributed by atoms with Gasteiger partial charge in [0.25, 0.3) is 0 Å². The Balaban J connectivity index is 1.49. The summed E-state index contributed by atoms with van der Waals surface area (Å²) in [5.41, 5.74) is 2.26. The molecule has 2 aromatic rings. The Kier molecular flexibility index (Phi) is 6.74. The molecular weight excluding hydrogens is 416 g/mol. The molecule has 0 saturated heterocycles. The third-order valence-corrected chi connectivity index (χ3v) is 6.98. The summed E-state index contributed by atoms with van der Waals surface area (Å²) in [5.74, 6) is 0.647. The number of hydrogen-bond acceptors (Lipinski definition) is 4. The first-order valence-corrected chi connectivity index (χ1v) is 11.9. The summed E-state index contributed by atoms with van der Waals surface area (Å²) in [6.07, 6.45) is 5.29. The van der Waals surface area contributed by atoms with Gasteiger partial charge >= 0.3 is 6.03 Å². The second-order valence-corrected chi connectivity index (χ2v) is 10.1. The van der Waals surface area contributed by atoms with E-state index in [0.29, 0.717) is 18.9 Å². The molecule has 1 aliphatic heterocycles. The van der Waals surface area contributed by atoms with Crippen molar-refractivity contribution in [3.63, 3.8) is 0 Å². The summed E-state index contributed by atoms with van der Waals surface area (Å²) in [4.78, 5) is 30.1. The Labute approximate surface area is 196 Å². The molecule has 3 N–H and O–H groups in total. The Bertz CT molecular complexity index is 978. The number of urea groups is 1. The van der Waals surface area contributed by atoms with Crippen LogP contribution in [0.2, 0.25) is 0 Å². The number of H-pyrrole nitrogens is 1. The van der Waals surface area contributed by atoms with E-state index in [2.05, 4.69) is 25.7 Å². The predicted octanol–water partition coefficient (Wildman–Crippen LogP) is 3.99. The highest BCUT2D eigenvalue weighted by atomic mass is 16.2. The number of benzene rings is 1. The van der Waals surface area contributed by atoms with Crippen molar-refractivity contribution in [2.24, 2.45) is 5.92 Å². The molecule has 1 fully saturated rings. The Hall–Kier alpha value is -2.87. The summed E-state index contributed by atoms with van der Waals surface area (Å²) in [5, 5.41) is 13.7. The average molecular weight is 453 g/mol. The van der Waals surface area contributed by atoms with Gasteiger partial charge in [0.05, 0.1) is 23.8 Å². The normalized spacial score (nSPS) is 18.8. The van der Waals surface area contributed by atoms with Gasteiger partial charge < -0.3 is 20.4 Å². The minimum atomic E-state index is -0.570. The first-order valence-electron chi connectivity index (χ1n) is 11.9. The van der Waals surface area contributed by atoms with Gasteiger partial charge in [-0.25, -0.2) is 4.79 Å². The van der Waals surface area contributed by atoms with Gasteiger partial charge in [0.1, 0.15) is 0 Å². The second-order valence-electron chi connectivity index (χ2n) is 10.1. The van der Waals surface area contributed by atoms with E-state index < -0.39 is 5.54 Å². The lowest BCUT2D eigenvalue weighted by molar-refractivity contribution is -0.120. The molecule has 3 amide bonds. The van der Waals surface area contributed by atoms with Crippen molar-refractivity contribution < 1.29 is 9.59 Å². The molecule has 0 spiro atoms. The van der Waals surface area contributed by atoms with E-state index >= 15 is 0 Å². The summed E-state index contributed by atoms with van der Waals surface area (Å²) >= 11 is 0. The van der Waals surface area contributed by atoms with Gasteiger partial charge in [-0.3, -0.25) is 9.89 Å². The Morgan fingerprint density at radius 1 is 1.18 bits per heavy atom. The summed E-state index contributed by atoms with van der Waals surface area (Å²) in [6, 6.07) is 9.76. The number of fused-ring (bicyclic) bond motifs is 1. The SMILES string of the molecule is CN(C)C[C@@H](NC(=O)N1Cc2c(NC(=O)C3CCCCC3)n[nH]c2C1(C)C)c1ccccc1. The van der Waals surface area contributed by atoms with Gasteiger partial charge in [0, 0.05) is 18.0 Å². The number of nitrogens with zero attached hydrogens (tertiary/aromatic N) is 3. The fraction of sp³-hybridized carbons (Fsp3) is 0.560. The standard InChI is InChI=1S/C25H36N6O2/c1-25(2)21-19(22(29-28-21)27-23(32)18-13-9-6-10-14-18)15-31(25)24(33)26-20(16-30(3)4)17-11-7-5-8-12-17/h5,7-8,11-12,18,20H,6,9-10,13-16H2,1-4H3,(H,26,33)(H2,27,28,29,32)/t20-/m1/s1. The number of carbonyl (C=O) groups is 2. The molecule has 8 nitrogen and oxygen atoms in total. The van der Waals surface area contributed by atoms with Crippen LogP contribution in [0.5, 0.6) is 0 Å². The molecule has 2 aliphatic rings. The monoisotopic (exact) mass is 452 g/mol. The first-order chi connectivity index (χ1) is 15.8. The van der Waals surface area contributed by atoms with Crippen molar-refractivity contribution in [3.8, 4) is 0 Å². The van der Waals surface area contributed by atoms with Crippen molar-refractivity contribution in [2.45, 2.75) is 64.1 Å². The lowest BCUT2D eigenvalue weighted by Gasteiger charge is -2.34. The van der Waals surface area contributed by atoms with Gasteiger partial charge in [0.2, 0.25) is 5.91 Å². The van der Waals surface area contributed by atoms with Crippen LogP contribution in [-0.2, 0) is 16.9 Å². The van der Waals surface area contributed by atoms with Gasteiger partial charge in [-0.2, -0.15) is 5.10 Å². The molecule has 4 rings (SSSR count). The van der Waals surface area contributed by atoms with Crippen molar-refractivity contribution in [3.05, 3.63) is 47.2 Å². The van der Waals surface area contributed by atoms with E-state index in [-0.39, 0.29) is 23.9 Å². The number of amides is 3. The summed E-state index contributed by atoms with van der Waals surface area (Å²) in [7, 11) is 4.00. The minimum absolute atomic E-state index is 0.0415. The molecule has 0 unspecified atom stereocenters. The van der Waals surface area contributed by atoms with Crippen molar-refractivity contribution >= 4 is 17.8 Å². The quantitative estimate of drug-likeness (QED) is 0.618. The summed E-state index contributed by atoms with van der Waals surface area (Å²) < 4.78 is 0. The number of aromatic amines is 1. The fourth-order valence-corrected chi connectivity index (χ4v) is 5.04. The molecule has 1 saturated carbocycles. The van der Waals surface area contributed by atoms with Crippen molar-refractivity contribution in [1.82, 2.24) is 25.3 Å². The van der Waals surface area contributed by atoms with E-state index in [1.165, 1.54) is 6.42 Å². The lowest BCUT2D eigenvalue weighted by atomic mass is 9.88. The van der Waals surface area contributed by atoms with Gasteiger partial charge in [0.15, 0.2) is 5.82 Å². The van der Waals surface area contributed by atoms with Crippen molar-refractivity contribution in [2.75, 3.05) is 26.0 Å². The highest BCUT2D eigenvalue weighted by Gasteiger charge is 2.44. The maximum Gasteiger partial charge on any atom is 0.319 e. The zero-order valence-corrected chi connectivity index (χ0v) is 20.1. The van der Waals surface area contributed by atoms with E-state index in [1.54, 1.807) is 0 Å². The van der Waals surface area contributed by atoms with E-state index in [0.717, 1.165) is 42.5 Å². The second kappa shape index (κ2) is 9.55. The van der Waals surface area contributed by atoms with Crippen LogP contribution in [0.4, 0.5) is 10.6 Å². The van der Waals surface area contributed by atoms with Gasteiger partial charge in [-0.1, -0.05) is 49.6 Å². The number of nitrogens with one attached hydrogen (secondary N) is 3. The van der Waals surface area contributed by atoms with E-state index in [1.807, 2.05) is 63.2 Å². The van der Waals surface area contributed by atoms with E-state index in [4.69, 9.17) is 0 Å². The highest BCUT2D eigenvalue weighted by molar-refractivity contribution is 5.92. The molecule has 2 heterocycles. The topological polar surface area (TPSA) is 93.4 Å². The molecule has 33 heavy (non-hydrogen) atoms. The molecule has 1 aromatic heterocycles. The average Bonchev–Trinajstić information content (AvgIpc) is 3.32. The van der Waals surface area contributed by atoms with Crippen LogP contribution in [0.15, 0.2) is 30.3 Å². The predicted molar refractivity (Wildman–Crippen MR) is 129 cm³/mol.